The van der Waals surface area contributed by atoms with Gasteiger partial charge in [0.15, 0.2) is 11.6 Å². The summed E-state index contributed by atoms with van der Waals surface area (Å²) in [7, 11) is -3.82. The maximum absolute atomic E-state index is 13.3. The summed E-state index contributed by atoms with van der Waals surface area (Å²) in [6.07, 6.45) is 1.60. The van der Waals surface area contributed by atoms with Crippen LogP contribution in [0.25, 0.3) is 0 Å². The molecule has 112 valence electrons. The van der Waals surface area contributed by atoms with E-state index in [9.17, 15) is 17.2 Å². The van der Waals surface area contributed by atoms with Crippen LogP contribution in [0.2, 0.25) is 0 Å². The van der Waals surface area contributed by atoms with Gasteiger partial charge in [-0.15, -0.1) is 0 Å². The Kier molecular flexibility index (Phi) is 3.81. The normalized spacial score (nSPS) is 15.6. The quantitative estimate of drug-likeness (QED) is 0.843. The molecule has 1 saturated carbocycles. The van der Waals surface area contributed by atoms with Crippen LogP contribution >= 0.6 is 11.3 Å². The van der Waals surface area contributed by atoms with Crippen LogP contribution in [0.5, 0.6) is 0 Å². The highest BCUT2D eigenvalue weighted by Crippen LogP contribution is 2.34. The summed E-state index contributed by atoms with van der Waals surface area (Å²) < 4.78 is 53.0. The Morgan fingerprint density at radius 3 is 2.52 bits per heavy atom. The second-order valence-corrected chi connectivity index (χ2v) is 7.66. The molecule has 1 aromatic heterocycles. The Hall–Kier alpha value is -1.31. The molecule has 1 heterocycles. The average Bonchev–Trinajstić information content (AvgIpc) is 3.15. The molecule has 1 aliphatic rings. The van der Waals surface area contributed by atoms with Crippen molar-refractivity contribution in [3.8, 4) is 0 Å². The van der Waals surface area contributed by atoms with E-state index in [0.29, 0.717) is 0 Å². The zero-order valence-electron chi connectivity index (χ0n) is 11.0. The first-order valence-electron chi connectivity index (χ1n) is 6.46. The topological polar surface area (TPSA) is 37.4 Å². The highest BCUT2D eigenvalue weighted by molar-refractivity contribution is 7.89. The molecule has 0 aliphatic heterocycles. The van der Waals surface area contributed by atoms with Crippen LogP contribution < -0.4 is 0 Å². The average molecular weight is 329 g/mol. The van der Waals surface area contributed by atoms with Crippen molar-refractivity contribution in [1.82, 2.24) is 4.31 Å². The molecule has 2 aromatic rings. The fourth-order valence-electron chi connectivity index (χ4n) is 2.11. The number of rotatable bonds is 5. The minimum atomic E-state index is -3.82. The molecular weight excluding hydrogens is 316 g/mol. The summed E-state index contributed by atoms with van der Waals surface area (Å²) in [5.74, 6) is -2.20. The number of sulfonamides is 1. The minimum Gasteiger partial charge on any atom is -0.207 e. The van der Waals surface area contributed by atoms with E-state index < -0.39 is 21.7 Å². The molecule has 1 aromatic carbocycles. The van der Waals surface area contributed by atoms with Crippen LogP contribution in [0, 0.1) is 11.6 Å². The summed E-state index contributed by atoms with van der Waals surface area (Å²) >= 11 is 1.49. The van der Waals surface area contributed by atoms with Crippen molar-refractivity contribution >= 4 is 21.4 Å². The highest BCUT2D eigenvalue weighted by Gasteiger charge is 2.38. The maximum Gasteiger partial charge on any atom is 0.243 e. The molecule has 0 unspecified atom stereocenters. The minimum absolute atomic E-state index is 0.0528. The van der Waals surface area contributed by atoms with Gasteiger partial charge in [0.05, 0.1) is 4.90 Å². The standard InChI is InChI=1S/C14H13F2NO2S2/c15-13-4-3-12(7-14(13)16)21(18,19)17(11-1-2-11)8-10-5-6-20-9-10/h3-7,9,11H,1-2,8H2. The van der Waals surface area contributed by atoms with E-state index >= 15 is 0 Å². The van der Waals surface area contributed by atoms with Crippen molar-refractivity contribution in [2.45, 2.75) is 30.3 Å². The SMILES string of the molecule is O=S(=O)(c1ccc(F)c(F)c1)N(Cc1ccsc1)C1CC1. The van der Waals surface area contributed by atoms with Crippen molar-refractivity contribution in [2.24, 2.45) is 0 Å². The summed E-state index contributed by atoms with van der Waals surface area (Å²) in [6.45, 7) is 0.259. The molecule has 0 saturated heterocycles. The highest BCUT2D eigenvalue weighted by atomic mass is 32.2. The van der Waals surface area contributed by atoms with Crippen molar-refractivity contribution in [2.75, 3.05) is 0 Å². The number of hydrogen-bond acceptors (Lipinski definition) is 3. The lowest BCUT2D eigenvalue weighted by Crippen LogP contribution is -2.32. The van der Waals surface area contributed by atoms with Crippen LogP contribution in [0.3, 0.4) is 0 Å². The largest absolute Gasteiger partial charge is 0.243 e. The molecular formula is C14H13F2NO2S2. The van der Waals surface area contributed by atoms with Crippen LogP contribution in [-0.4, -0.2) is 18.8 Å². The Balaban J connectivity index is 1.95. The van der Waals surface area contributed by atoms with Gasteiger partial charge < -0.3 is 0 Å². The molecule has 3 nitrogen and oxygen atoms in total. The van der Waals surface area contributed by atoms with Gasteiger partial charge in [-0.05, 0) is 53.4 Å². The first-order valence-corrected chi connectivity index (χ1v) is 8.85. The molecule has 0 bridgehead atoms. The zero-order chi connectivity index (χ0) is 15.0. The second-order valence-electron chi connectivity index (χ2n) is 4.99. The van der Waals surface area contributed by atoms with Crippen molar-refractivity contribution in [3.05, 3.63) is 52.2 Å². The lowest BCUT2D eigenvalue weighted by atomic mass is 10.3. The lowest BCUT2D eigenvalue weighted by molar-refractivity contribution is 0.398. The second kappa shape index (κ2) is 5.47. The molecule has 7 heteroatoms. The number of nitrogens with zero attached hydrogens (tertiary/aromatic N) is 1. The summed E-state index contributed by atoms with van der Waals surface area (Å²) in [5, 5.41) is 3.76. The van der Waals surface area contributed by atoms with Gasteiger partial charge in [0, 0.05) is 12.6 Å². The first-order chi connectivity index (χ1) is 9.98. The van der Waals surface area contributed by atoms with E-state index in [1.54, 1.807) is 0 Å². The predicted octanol–water partition coefficient (Wildman–Crippen LogP) is 3.38. The third-order valence-corrected chi connectivity index (χ3v) is 6.00. The summed E-state index contributed by atoms with van der Waals surface area (Å²) in [4.78, 5) is -0.205. The molecule has 1 fully saturated rings. The number of thiophene rings is 1. The summed E-state index contributed by atoms with van der Waals surface area (Å²) in [5.41, 5.74) is 0.901. The lowest BCUT2D eigenvalue weighted by Gasteiger charge is -2.21. The van der Waals surface area contributed by atoms with Crippen molar-refractivity contribution in [3.63, 3.8) is 0 Å². The molecule has 0 N–H and O–H groups in total. The van der Waals surface area contributed by atoms with Crippen LogP contribution in [0.15, 0.2) is 39.9 Å². The third kappa shape index (κ3) is 3.00. The molecule has 1 aliphatic carbocycles. The smallest absolute Gasteiger partial charge is 0.207 e. The van der Waals surface area contributed by atoms with Gasteiger partial charge >= 0.3 is 0 Å². The zero-order valence-corrected chi connectivity index (χ0v) is 12.6. The molecule has 0 amide bonds. The van der Waals surface area contributed by atoms with Gasteiger partial charge in [-0.1, -0.05) is 0 Å². The molecule has 0 atom stereocenters. The monoisotopic (exact) mass is 329 g/mol. The summed E-state index contributed by atoms with van der Waals surface area (Å²) in [6, 6.07) is 4.51. The number of hydrogen-bond donors (Lipinski definition) is 0. The fraction of sp³-hybridized carbons (Fsp3) is 0.286. The van der Waals surface area contributed by atoms with Gasteiger partial charge in [-0.2, -0.15) is 15.6 Å². The Bertz CT molecular complexity index is 740. The number of benzene rings is 1. The third-order valence-electron chi connectivity index (χ3n) is 3.37. The van der Waals surface area contributed by atoms with E-state index in [1.165, 1.54) is 15.6 Å². The Morgan fingerprint density at radius 2 is 1.95 bits per heavy atom. The Morgan fingerprint density at radius 1 is 1.19 bits per heavy atom. The molecule has 0 spiro atoms. The first kappa shape index (κ1) is 14.6. The van der Waals surface area contributed by atoms with E-state index in [-0.39, 0.29) is 17.5 Å². The van der Waals surface area contributed by atoms with Crippen LogP contribution in [0.1, 0.15) is 18.4 Å². The van der Waals surface area contributed by atoms with E-state index in [1.807, 2.05) is 16.8 Å². The molecule has 21 heavy (non-hydrogen) atoms. The number of halogens is 2. The van der Waals surface area contributed by atoms with Crippen molar-refractivity contribution < 1.29 is 17.2 Å². The maximum atomic E-state index is 13.3. The van der Waals surface area contributed by atoms with E-state index in [0.717, 1.165) is 36.6 Å². The Labute approximate surface area is 125 Å². The fourth-order valence-corrected chi connectivity index (χ4v) is 4.45. The van der Waals surface area contributed by atoms with E-state index in [4.69, 9.17) is 0 Å². The molecule has 0 radical (unpaired) electrons. The van der Waals surface area contributed by atoms with Gasteiger partial charge in [-0.3, -0.25) is 0 Å². The molecule has 3 rings (SSSR count). The van der Waals surface area contributed by atoms with Crippen LogP contribution in [-0.2, 0) is 16.6 Å². The predicted molar refractivity (Wildman–Crippen MR) is 76.4 cm³/mol. The van der Waals surface area contributed by atoms with Gasteiger partial charge in [0.1, 0.15) is 0 Å². The van der Waals surface area contributed by atoms with Gasteiger partial charge in [-0.25, -0.2) is 17.2 Å². The van der Waals surface area contributed by atoms with E-state index in [2.05, 4.69) is 0 Å². The van der Waals surface area contributed by atoms with Gasteiger partial charge in [0.25, 0.3) is 0 Å². The van der Waals surface area contributed by atoms with Crippen molar-refractivity contribution in [1.29, 1.82) is 0 Å². The van der Waals surface area contributed by atoms with Crippen LogP contribution in [0.4, 0.5) is 8.78 Å². The van der Waals surface area contributed by atoms with Gasteiger partial charge in [0.2, 0.25) is 10.0 Å².